The molecule has 2 nitrogen and oxygen atoms in total. The number of alkyl halides is 4. The molecule has 0 fully saturated rings. The minimum atomic E-state index is -1.08. The highest BCUT2D eigenvalue weighted by Gasteiger charge is 2.28. The molecule has 10 heavy (non-hydrogen) atoms. The maximum Gasteiger partial charge on any atom is 0.318 e. The summed E-state index contributed by atoms with van der Waals surface area (Å²) in [4.78, 5) is 8.40. The number of carboxylic acid groups (broad SMARTS) is 1. The van der Waals surface area contributed by atoms with Crippen molar-refractivity contribution in [1.82, 2.24) is 0 Å². The van der Waals surface area contributed by atoms with Crippen molar-refractivity contribution >= 4 is 56.7 Å². The van der Waals surface area contributed by atoms with Gasteiger partial charge in [-0.2, -0.15) is 0 Å². The van der Waals surface area contributed by atoms with Crippen molar-refractivity contribution in [3.8, 4) is 0 Å². The van der Waals surface area contributed by atoms with Crippen molar-refractivity contribution in [2.75, 3.05) is 0 Å². The Balaban J connectivity index is 3.94. The van der Waals surface area contributed by atoms with Gasteiger partial charge in [-0.05, 0) is 0 Å². The van der Waals surface area contributed by atoms with Crippen LogP contribution in [0.2, 0.25) is 0 Å². The molecule has 1 N–H and O–H groups in total. The van der Waals surface area contributed by atoms with E-state index >= 15 is 0 Å². The summed E-state index contributed by atoms with van der Waals surface area (Å²) in [6.45, 7) is 0. The number of carbonyl (C=O) groups is 1. The standard InChI is InChI=1S/C4H4BrCl3O2/c5-1(4(9)10)2(6)3(7)8/h1-3H,(H,9,10). The summed E-state index contributed by atoms with van der Waals surface area (Å²) in [6.07, 6.45) is 0. The zero-order chi connectivity index (χ0) is 8.31. The average molecular weight is 270 g/mol. The molecule has 0 heterocycles. The molecule has 0 aliphatic heterocycles. The second kappa shape index (κ2) is 4.65. The van der Waals surface area contributed by atoms with Gasteiger partial charge in [0.05, 0.1) is 5.38 Å². The van der Waals surface area contributed by atoms with Crippen molar-refractivity contribution in [3.05, 3.63) is 0 Å². The van der Waals surface area contributed by atoms with Gasteiger partial charge in [0.25, 0.3) is 0 Å². The second-order valence-electron chi connectivity index (χ2n) is 1.52. The van der Waals surface area contributed by atoms with E-state index in [1.165, 1.54) is 0 Å². The van der Waals surface area contributed by atoms with Gasteiger partial charge in [-0.3, -0.25) is 4.79 Å². The molecule has 0 aromatic heterocycles. The first kappa shape index (κ1) is 10.8. The van der Waals surface area contributed by atoms with Crippen LogP contribution in [0.1, 0.15) is 0 Å². The minimum absolute atomic E-state index is 0.819. The normalized spacial score (nSPS) is 16.9. The van der Waals surface area contributed by atoms with Gasteiger partial charge in [-0.15, -0.1) is 34.8 Å². The van der Waals surface area contributed by atoms with Crippen molar-refractivity contribution in [2.45, 2.75) is 15.0 Å². The SMILES string of the molecule is O=C(O)C(Br)C(Cl)C(Cl)Cl. The summed E-state index contributed by atoms with van der Waals surface area (Å²) in [7, 11) is 0. The monoisotopic (exact) mass is 268 g/mol. The highest BCUT2D eigenvalue weighted by Crippen LogP contribution is 2.22. The van der Waals surface area contributed by atoms with Crippen LogP contribution in [-0.2, 0) is 4.79 Å². The van der Waals surface area contributed by atoms with Crippen molar-refractivity contribution in [3.63, 3.8) is 0 Å². The third kappa shape index (κ3) is 3.28. The first-order valence-corrected chi connectivity index (χ1v) is 4.48. The Hall–Kier alpha value is 0.820. The van der Waals surface area contributed by atoms with Crippen LogP contribution in [-0.4, -0.2) is 26.1 Å². The molecule has 0 amide bonds. The predicted octanol–water partition coefficient (Wildman–Crippen LogP) is 2.25. The Bertz CT molecular complexity index is 130. The molecule has 2 atom stereocenters. The number of hydrogen-bond donors (Lipinski definition) is 1. The highest BCUT2D eigenvalue weighted by molar-refractivity contribution is 9.10. The second-order valence-corrected chi connectivity index (χ2v) is 4.17. The van der Waals surface area contributed by atoms with E-state index in [4.69, 9.17) is 39.9 Å². The first-order chi connectivity index (χ1) is 4.46. The summed E-state index contributed by atoms with van der Waals surface area (Å²) in [5, 5.41) is 7.53. The number of halogens is 4. The zero-order valence-electron chi connectivity index (χ0n) is 4.60. The topological polar surface area (TPSA) is 37.3 Å². The minimum Gasteiger partial charge on any atom is -0.480 e. The Kier molecular flexibility index (Phi) is 5.03. The van der Waals surface area contributed by atoms with Gasteiger partial charge in [-0.1, -0.05) is 15.9 Å². The van der Waals surface area contributed by atoms with Crippen LogP contribution < -0.4 is 0 Å². The molecule has 0 aliphatic carbocycles. The van der Waals surface area contributed by atoms with Gasteiger partial charge in [0, 0.05) is 0 Å². The molecular weight excluding hydrogens is 266 g/mol. The predicted molar refractivity (Wildman–Crippen MR) is 45.5 cm³/mol. The van der Waals surface area contributed by atoms with Gasteiger partial charge in [0.1, 0.15) is 9.66 Å². The molecule has 60 valence electrons. The molecular formula is C4H4BrCl3O2. The lowest BCUT2D eigenvalue weighted by Crippen LogP contribution is -2.28. The summed E-state index contributed by atoms with van der Waals surface area (Å²) in [5.41, 5.74) is 0. The highest BCUT2D eigenvalue weighted by atomic mass is 79.9. The van der Waals surface area contributed by atoms with Gasteiger partial charge in [0.2, 0.25) is 0 Å². The quantitative estimate of drug-likeness (QED) is 0.799. The molecule has 0 bridgehead atoms. The van der Waals surface area contributed by atoms with Crippen LogP contribution in [0.15, 0.2) is 0 Å². The third-order valence-electron chi connectivity index (χ3n) is 0.756. The van der Waals surface area contributed by atoms with Crippen LogP contribution >= 0.6 is 50.7 Å². The lowest BCUT2D eigenvalue weighted by Gasteiger charge is -2.11. The van der Waals surface area contributed by atoms with Crippen LogP contribution in [0.5, 0.6) is 0 Å². The van der Waals surface area contributed by atoms with E-state index in [1.807, 2.05) is 0 Å². The van der Waals surface area contributed by atoms with Crippen molar-refractivity contribution in [2.24, 2.45) is 0 Å². The van der Waals surface area contributed by atoms with Crippen molar-refractivity contribution < 1.29 is 9.90 Å². The van der Waals surface area contributed by atoms with Crippen LogP contribution in [0.25, 0.3) is 0 Å². The van der Waals surface area contributed by atoms with Gasteiger partial charge in [-0.25, -0.2) is 0 Å². The summed E-state index contributed by atoms with van der Waals surface area (Å²) >= 11 is 18.9. The molecule has 0 aromatic rings. The molecule has 0 rings (SSSR count). The molecule has 0 radical (unpaired) electrons. The molecule has 0 aliphatic rings. The van der Waals surface area contributed by atoms with E-state index in [1.54, 1.807) is 0 Å². The molecule has 0 saturated carbocycles. The van der Waals surface area contributed by atoms with E-state index in [2.05, 4.69) is 15.9 Å². The summed E-state index contributed by atoms with van der Waals surface area (Å²) in [5.74, 6) is -1.08. The third-order valence-corrected chi connectivity index (χ3v) is 3.33. The van der Waals surface area contributed by atoms with E-state index in [0.717, 1.165) is 0 Å². The number of hydrogen-bond acceptors (Lipinski definition) is 1. The average Bonchev–Trinajstić information content (AvgIpc) is 1.84. The lowest BCUT2D eigenvalue weighted by atomic mass is 10.3. The lowest BCUT2D eigenvalue weighted by molar-refractivity contribution is -0.136. The smallest absolute Gasteiger partial charge is 0.318 e. The fraction of sp³-hybridized carbons (Fsp3) is 0.750. The summed E-state index contributed by atoms with van der Waals surface area (Å²) in [6, 6.07) is 0. The Labute approximate surface area is 81.6 Å². The van der Waals surface area contributed by atoms with Crippen LogP contribution in [0, 0.1) is 0 Å². The van der Waals surface area contributed by atoms with Crippen LogP contribution in [0.3, 0.4) is 0 Å². The van der Waals surface area contributed by atoms with Gasteiger partial charge < -0.3 is 5.11 Å². The number of rotatable bonds is 3. The molecule has 0 aromatic carbocycles. The molecule has 6 heteroatoms. The molecule has 2 unspecified atom stereocenters. The van der Waals surface area contributed by atoms with Crippen molar-refractivity contribution in [1.29, 1.82) is 0 Å². The fourth-order valence-corrected chi connectivity index (χ4v) is 1.32. The van der Waals surface area contributed by atoms with Gasteiger partial charge >= 0.3 is 5.97 Å². The van der Waals surface area contributed by atoms with E-state index in [9.17, 15) is 4.79 Å². The maximum atomic E-state index is 10.2. The largest absolute Gasteiger partial charge is 0.480 e. The Morgan fingerprint density at radius 3 is 1.90 bits per heavy atom. The molecule has 0 spiro atoms. The first-order valence-electron chi connectivity index (χ1n) is 2.26. The zero-order valence-corrected chi connectivity index (χ0v) is 8.45. The molecule has 0 saturated heterocycles. The Morgan fingerprint density at radius 2 is 1.80 bits per heavy atom. The maximum absolute atomic E-state index is 10.2. The fourth-order valence-electron chi connectivity index (χ4n) is 0.264. The van der Waals surface area contributed by atoms with E-state index < -0.39 is 21.0 Å². The Morgan fingerprint density at radius 1 is 1.40 bits per heavy atom. The number of carboxylic acids is 1. The van der Waals surface area contributed by atoms with E-state index in [0.29, 0.717) is 0 Å². The number of aliphatic carboxylic acids is 1. The van der Waals surface area contributed by atoms with E-state index in [-0.39, 0.29) is 0 Å². The van der Waals surface area contributed by atoms with Crippen LogP contribution in [0.4, 0.5) is 0 Å². The van der Waals surface area contributed by atoms with Gasteiger partial charge in [0.15, 0.2) is 0 Å². The summed E-state index contributed by atoms with van der Waals surface area (Å²) < 4.78 is 0.